The first-order chi connectivity index (χ1) is 16.5. The Labute approximate surface area is 205 Å². The topological polar surface area (TPSA) is 17.3 Å². The molecule has 2 nitrogen and oxygen atoms in total. The van der Waals surface area contributed by atoms with Crippen LogP contribution in [0.4, 0.5) is 0 Å². The first kappa shape index (κ1) is 25.2. The van der Waals surface area contributed by atoms with Crippen molar-refractivity contribution in [1.82, 2.24) is 9.38 Å². The third kappa shape index (κ3) is 4.14. The van der Waals surface area contributed by atoms with Gasteiger partial charge in [0.15, 0.2) is 0 Å². The number of hydrogen-bond donors (Lipinski definition) is 0. The van der Waals surface area contributed by atoms with Crippen molar-refractivity contribution in [3.8, 4) is 11.3 Å². The standard InChI is InChI=1S/C28H28N2.C2H6.C2H4/c1-6-18(3)21-11-8-12-22-23-15-17(2)13-14-24(23)30-25(16-29-28(30)27(21)22)26-19(4)9-7-10-20(26)5;2*1-2/h7-16,18H,6H2,1-5H3;1-2H3;1-2H2. The van der Waals surface area contributed by atoms with Gasteiger partial charge in [0.05, 0.1) is 17.4 Å². The van der Waals surface area contributed by atoms with Gasteiger partial charge in [-0.3, -0.25) is 4.40 Å². The van der Waals surface area contributed by atoms with Gasteiger partial charge in [-0.05, 0) is 67.3 Å². The summed E-state index contributed by atoms with van der Waals surface area (Å²) in [4.78, 5) is 5.02. The van der Waals surface area contributed by atoms with Gasteiger partial charge in [0.2, 0.25) is 0 Å². The fourth-order valence-corrected chi connectivity index (χ4v) is 4.90. The molecule has 0 fully saturated rings. The summed E-state index contributed by atoms with van der Waals surface area (Å²) in [5.41, 5.74) is 9.99. The van der Waals surface area contributed by atoms with Crippen molar-refractivity contribution >= 4 is 27.3 Å². The monoisotopic (exact) mass is 450 g/mol. The SMILES string of the molecule is C=C.CC.CCC(C)c1cccc2c3cc(C)ccc3n3c(-c4c(C)cccc4C)cnc3c12. The highest BCUT2D eigenvalue weighted by Gasteiger charge is 2.19. The summed E-state index contributed by atoms with van der Waals surface area (Å²) in [6.07, 6.45) is 3.18. The molecule has 2 heteroatoms. The fourth-order valence-electron chi connectivity index (χ4n) is 4.90. The molecule has 0 aliphatic heterocycles. The van der Waals surface area contributed by atoms with Crippen LogP contribution in [0.5, 0.6) is 0 Å². The van der Waals surface area contributed by atoms with E-state index in [4.69, 9.17) is 4.98 Å². The van der Waals surface area contributed by atoms with Crippen LogP contribution in [0.1, 0.15) is 62.3 Å². The lowest BCUT2D eigenvalue weighted by molar-refractivity contribution is 0.740. The Kier molecular flexibility index (Phi) is 7.94. The number of pyridine rings is 1. The van der Waals surface area contributed by atoms with Crippen molar-refractivity contribution in [2.75, 3.05) is 0 Å². The zero-order valence-corrected chi connectivity index (χ0v) is 21.9. The Morgan fingerprint density at radius 2 is 1.53 bits per heavy atom. The van der Waals surface area contributed by atoms with Crippen LogP contribution in [0, 0.1) is 20.8 Å². The van der Waals surface area contributed by atoms with Crippen molar-refractivity contribution in [2.45, 2.75) is 60.8 Å². The predicted molar refractivity (Wildman–Crippen MR) is 151 cm³/mol. The summed E-state index contributed by atoms with van der Waals surface area (Å²) in [5, 5.41) is 3.90. The van der Waals surface area contributed by atoms with Crippen molar-refractivity contribution in [3.63, 3.8) is 0 Å². The molecule has 0 amide bonds. The normalized spacial score (nSPS) is 11.6. The Hall–Kier alpha value is -3.39. The number of rotatable bonds is 3. The van der Waals surface area contributed by atoms with Crippen LogP contribution in [0.2, 0.25) is 0 Å². The summed E-state index contributed by atoms with van der Waals surface area (Å²) in [6.45, 7) is 21.1. The Morgan fingerprint density at radius 1 is 0.882 bits per heavy atom. The van der Waals surface area contributed by atoms with E-state index >= 15 is 0 Å². The molecule has 2 aromatic heterocycles. The second-order valence-corrected chi connectivity index (χ2v) is 8.67. The number of benzene rings is 3. The van der Waals surface area contributed by atoms with Gasteiger partial charge in [0.1, 0.15) is 5.65 Å². The van der Waals surface area contributed by atoms with Crippen LogP contribution in [0.25, 0.3) is 38.6 Å². The number of aromatic nitrogens is 2. The van der Waals surface area contributed by atoms with Gasteiger partial charge in [-0.1, -0.05) is 75.7 Å². The zero-order valence-electron chi connectivity index (χ0n) is 21.9. The number of nitrogens with zero attached hydrogens (tertiary/aromatic N) is 2. The molecule has 0 spiro atoms. The maximum Gasteiger partial charge on any atom is 0.145 e. The predicted octanol–water partition coefficient (Wildman–Crippen LogP) is 9.57. The van der Waals surface area contributed by atoms with E-state index in [1.807, 2.05) is 13.8 Å². The smallest absolute Gasteiger partial charge is 0.145 e. The zero-order chi connectivity index (χ0) is 25.0. The Bertz CT molecular complexity index is 1420. The molecule has 5 rings (SSSR count). The maximum atomic E-state index is 5.02. The molecule has 0 aliphatic carbocycles. The molecule has 34 heavy (non-hydrogen) atoms. The molecule has 1 unspecified atom stereocenters. The van der Waals surface area contributed by atoms with Gasteiger partial charge < -0.3 is 0 Å². The van der Waals surface area contributed by atoms with Crippen LogP contribution in [-0.4, -0.2) is 9.38 Å². The van der Waals surface area contributed by atoms with Crippen molar-refractivity contribution in [2.24, 2.45) is 0 Å². The van der Waals surface area contributed by atoms with Gasteiger partial charge >= 0.3 is 0 Å². The quantitative estimate of drug-likeness (QED) is 0.197. The second kappa shape index (κ2) is 10.7. The second-order valence-electron chi connectivity index (χ2n) is 8.67. The molecule has 176 valence electrons. The molecule has 2 heterocycles. The van der Waals surface area contributed by atoms with Gasteiger partial charge in [-0.15, -0.1) is 13.2 Å². The Morgan fingerprint density at radius 3 is 2.18 bits per heavy atom. The van der Waals surface area contributed by atoms with E-state index in [0.29, 0.717) is 5.92 Å². The molecule has 0 saturated carbocycles. The molecule has 5 aromatic rings. The number of imidazole rings is 1. The number of hydrogen-bond acceptors (Lipinski definition) is 1. The minimum atomic E-state index is 0.486. The maximum absolute atomic E-state index is 5.02. The molecule has 1 atom stereocenters. The summed E-state index contributed by atoms with van der Waals surface area (Å²) < 4.78 is 2.39. The Balaban J connectivity index is 0.000000771. The van der Waals surface area contributed by atoms with Gasteiger partial charge in [-0.25, -0.2) is 4.98 Å². The third-order valence-corrected chi connectivity index (χ3v) is 6.65. The summed E-state index contributed by atoms with van der Waals surface area (Å²) >= 11 is 0. The van der Waals surface area contributed by atoms with E-state index < -0.39 is 0 Å². The average Bonchev–Trinajstić information content (AvgIpc) is 3.30. The van der Waals surface area contributed by atoms with Crippen molar-refractivity contribution in [3.05, 3.63) is 96.2 Å². The summed E-state index contributed by atoms with van der Waals surface area (Å²) in [5.74, 6) is 0.486. The lowest BCUT2D eigenvalue weighted by Gasteiger charge is -2.18. The van der Waals surface area contributed by atoms with Gasteiger partial charge in [-0.2, -0.15) is 0 Å². The largest absolute Gasteiger partial charge is 0.292 e. The van der Waals surface area contributed by atoms with Gasteiger partial charge in [0, 0.05) is 16.3 Å². The van der Waals surface area contributed by atoms with Crippen LogP contribution < -0.4 is 0 Å². The molecule has 0 bridgehead atoms. The molecular weight excluding hydrogens is 412 g/mol. The van der Waals surface area contributed by atoms with E-state index in [1.54, 1.807) is 0 Å². The van der Waals surface area contributed by atoms with E-state index in [0.717, 1.165) is 12.1 Å². The van der Waals surface area contributed by atoms with Crippen LogP contribution in [-0.2, 0) is 0 Å². The molecule has 0 N–H and O–H groups in total. The van der Waals surface area contributed by atoms with Crippen molar-refractivity contribution < 1.29 is 0 Å². The summed E-state index contributed by atoms with van der Waals surface area (Å²) in [7, 11) is 0. The lowest BCUT2D eigenvalue weighted by atomic mass is 9.92. The molecule has 3 aromatic carbocycles. The van der Waals surface area contributed by atoms with E-state index in [2.05, 4.69) is 113 Å². The van der Waals surface area contributed by atoms with Crippen LogP contribution in [0.3, 0.4) is 0 Å². The highest BCUT2D eigenvalue weighted by atomic mass is 15.0. The van der Waals surface area contributed by atoms with Gasteiger partial charge in [0.25, 0.3) is 0 Å². The first-order valence-electron chi connectivity index (χ1n) is 12.4. The minimum absolute atomic E-state index is 0.486. The molecule has 0 radical (unpaired) electrons. The lowest BCUT2D eigenvalue weighted by Crippen LogP contribution is -2.00. The van der Waals surface area contributed by atoms with Crippen LogP contribution in [0.15, 0.2) is 74.0 Å². The average molecular weight is 451 g/mol. The molecule has 0 aliphatic rings. The van der Waals surface area contributed by atoms with Crippen LogP contribution >= 0.6 is 0 Å². The van der Waals surface area contributed by atoms with E-state index in [1.165, 1.54) is 55.2 Å². The third-order valence-electron chi connectivity index (χ3n) is 6.65. The van der Waals surface area contributed by atoms with E-state index in [9.17, 15) is 0 Å². The highest BCUT2D eigenvalue weighted by molar-refractivity contribution is 6.14. The number of fused-ring (bicyclic) bond motifs is 6. The first-order valence-corrected chi connectivity index (χ1v) is 12.4. The molecule has 0 saturated heterocycles. The highest BCUT2D eigenvalue weighted by Crippen LogP contribution is 2.38. The van der Waals surface area contributed by atoms with Crippen molar-refractivity contribution in [1.29, 1.82) is 0 Å². The summed E-state index contributed by atoms with van der Waals surface area (Å²) in [6, 6.07) is 20.1. The van der Waals surface area contributed by atoms with E-state index in [-0.39, 0.29) is 0 Å². The molecular formula is C32H38N2. The number of aryl methyl sites for hydroxylation is 3. The fraction of sp³-hybridized carbons (Fsp3) is 0.281. The minimum Gasteiger partial charge on any atom is -0.292 e.